The lowest BCUT2D eigenvalue weighted by Gasteiger charge is -2.23. The van der Waals surface area contributed by atoms with Gasteiger partial charge in [0, 0.05) is 24.4 Å². The summed E-state index contributed by atoms with van der Waals surface area (Å²) < 4.78 is 0. The maximum atomic E-state index is 8.76. The van der Waals surface area contributed by atoms with E-state index in [0.717, 1.165) is 24.3 Å². The van der Waals surface area contributed by atoms with E-state index in [-0.39, 0.29) is 0 Å². The van der Waals surface area contributed by atoms with Gasteiger partial charge in [0.2, 0.25) is 0 Å². The normalized spacial score (nSPS) is 27.4. The highest BCUT2D eigenvalue weighted by atomic mass is 32.2. The van der Waals surface area contributed by atoms with Crippen LogP contribution in [0.5, 0.6) is 0 Å². The average Bonchev–Trinajstić information content (AvgIpc) is 2.63. The minimum absolute atomic E-state index is 0.324. The predicted molar refractivity (Wildman–Crippen MR) is 63.9 cm³/mol. The van der Waals surface area contributed by atoms with Crippen molar-refractivity contribution in [3.05, 3.63) is 0 Å². The Balaban J connectivity index is 2.19. The van der Waals surface area contributed by atoms with Gasteiger partial charge in [0.15, 0.2) is 0 Å². The summed E-state index contributed by atoms with van der Waals surface area (Å²) in [7, 11) is 2.19. The second-order valence-corrected chi connectivity index (χ2v) is 5.68. The van der Waals surface area contributed by atoms with Crippen molar-refractivity contribution in [3.8, 4) is 0 Å². The lowest BCUT2D eigenvalue weighted by Crippen LogP contribution is -2.31. The van der Waals surface area contributed by atoms with Gasteiger partial charge in [-0.15, -0.1) is 0 Å². The van der Waals surface area contributed by atoms with Crippen LogP contribution in [0.3, 0.4) is 0 Å². The van der Waals surface area contributed by atoms with Crippen LogP contribution < -0.4 is 0 Å². The van der Waals surface area contributed by atoms with E-state index in [1.807, 2.05) is 0 Å². The predicted octanol–water partition coefficient (Wildman–Crippen LogP) is 1.97. The first kappa shape index (κ1) is 12.3. The van der Waals surface area contributed by atoms with Crippen LogP contribution in [-0.2, 0) is 0 Å². The number of rotatable bonds is 6. The molecular formula is C11H23NOS. The van der Waals surface area contributed by atoms with Crippen molar-refractivity contribution in [1.82, 2.24) is 4.90 Å². The lowest BCUT2D eigenvalue weighted by atomic mass is 10.2. The Kier molecular flexibility index (Phi) is 5.90. The molecule has 1 fully saturated rings. The first-order valence-electron chi connectivity index (χ1n) is 5.70. The summed E-state index contributed by atoms with van der Waals surface area (Å²) in [5.74, 6) is 1.25. The largest absolute Gasteiger partial charge is 0.396 e. The molecule has 0 spiro atoms. The van der Waals surface area contributed by atoms with Crippen LogP contribution in [0.1, 0.15) is 32.6 Å². The van der Waals surface area contributed by atoms with Gasteiger partial charge in [-0.2, -0.15) is 11.8 Å². The van der Waals surface area contributed by atoms with Crippen LogP contribution in [0.25, 0.3) is 0 Å². The topological polar surface area (TPSA) is 23.5 Å². The third-order valence-electron chi connectivity index (χ3n) is 3.05. The van der Waals surface area contributed by atoms with Crippen molar-refractivity contribution in [3.63, 3.8) is 0 Å². The molecule has 84 valence electrons. The van der Waals surface area contributed by atoms with Crippen molar-refractivity contribution >= 4 is 11.8 Å². The maximum absolute atomic E-state index is 8.76. The molecule has 0 bridgehead atoms. The van der Waals surface area contributed by atoms with Gasteiger partial charge < -0.3 is 10.0 Å². The highest BCUT2D eigenvalue weighted by Gasteiger charge is 2.26. The summed E-state index contributed by atoms with van der Waals surface area (Å²) in [6.45, 7) is 3.61. The number of hydrogen-bond acceptors (Lipinski definition) is 3. The smallest absolute Gasteiger partial charge is 0.0443 e. The molecule has 0 unspecified atom stereocenters. The minimum Gasteiger partial charge on any atom is -0.396 e. The van der Waals surface area contributed by atoms with Gasteiger partial charge in [0.25, 0.3) is 0 Å². The molecular weight excluding hydrogens is 194 g/mol. The summed E-state index contributed by atoms with van der Waals surface area (Å²) >= 11 is 2.11. The van der Waals surface area contributed by atoms with E-state index in [0.29, 0.717) is 6.61 Å². The van der Waals surface area contributed by atoms with Crippen LogP contribution in [0.2, 0.25) is 0 Å². The van der Waals surface area contributed by atoms with E-state index >= 15 is 0 Å². The molecule has 0 heterocycles. The highest BCUT2D eigenvalue weighted by Crippen LogP contribution is 2.32. The van der Waals surface area contributed by atoms with Crippen molar-refractivity contribution < 1.29 is 5.11 Å². The molecule has 0 aliphatic heterocycles. The number of aliphatic hydroxyl groups excluding tert-OH is 1. The van der Waals surface area contributed by atoms with Gasteiger partial charge in [0.05, 0.1) is 0 Å². The Labute approximate surface area is 92.1 Å². The van der Waals surface area contributed by atoms with Gasteiger partial charge >= 0.3 is 0 Å². The molecule has 14 heavy (non-hydrogen) atoms. The second-order valence-electron chi connectivity index (χ2n) is 4.10. The molecule has 0 aromatic carbocycles. The number of aliphatic hydroxyl groups is 1. The molecule has 0 aromatic rings. The fraction of sp³-hybridized carbons (Fsp3) is 1.00. The van der Waals surface area contributed by atoms with Gasteiger partial charge in [-0.25, -0.2) is 0 Å². The maximum Gasteiger partial charge on any atom is 0.0443 e. The van der Waals surface area contributed by atoms with E-state index in [4.69, 9.17) is 5.11 Å². The molecule has 1 saturated carbocycles. The molecule has 2 nitrogen and oxygen atoms in total. The molecule has 0 radical (unpaired) electrons. The fourth-order valence-electron chi connectivity index (χ4n) is 2.21. The standard InChI is InChI=1S/C11H23NOS/c1-3-14-11-6-5-10(9-11)12(2)7-4-8-13/h10-11,13H,3-9H2,1-2H3/t10-,11+/m1/s1. The SMILES string of the molecule is CCS[C@H]1CC[C@@H](N(C)CCCO)C1. The van der Waals surface area contributed by atoms with Gasteiger partial charge in [-0.1, -0.05) is 6.92 Å². The Morgan fingerprint density at radius 2 is 2.21 bits per heavy atom. The van der Waals surface area contributed by atoms with Gasteiger partial charge in [0.1, 0.15) is 0 Å². The summed E-state index contributed by atoms with van der Waals surface area (Å²) in [5.41, 5.74) is 0. The molecule has 1 N–H and O–H groups in total. The quantitative estimate of drug-likeness (QED) is 0.736. The third-order valence-corrected chi connectivity index (χ3v) is 4.28. The Bertz CT molecular complexity index is 154. The van der Waals surface area contributed by atoms with Crippen molar-refractivity contribution in [2.45, 2.75) is 43.9 Å². The average molecular weight is 217 g/mol. The lowest BCUT2D eigenvalue weighted by molar-refractivity contribution is 0.208. The molecule has 0 amide bonds. The monoisotopic (exact) mass is 217 g/mol. The van der Waals surface area contributed by atoms with E-state index in [1.165, 1.54) is 25.0 Å². The Hall–Kier alpha value is 0.270. The summed E-state index contributed by atoms with van der Waals surface area (Å²) in [6.07, 6.45) is 4.99. The molecule has 1 rings (SSSR count). The van der Waals surface area contributed by atoms with Crippen LogP contribution >= 0.6 is 11.8 Å². The third kappa shape index (κ3) is 3.79. The molecule has 0 aromatic heterocycles. The first-order chi connectivity index (χ1) is 6.77. The van der Waals surface area contributed by atoms with E-state index < -0.39 is 0 Å². The molecule has 1 aliphatic rings. The Morgan fingerprint density at radius 3 is 2.86 bits per heavy atom. The highest BCUT2D eigenvalue weighted by molar-refractivity contribution is 7.99. The zero-order chi connectivity index (χ0) is 10.4. The second kappa shape index (κ2) is 6.70. The zero-order valence-electron chi connectivity index (χ0n) is 9.41. The van der Waals surface area contributed by atoms with Gasteiger partial charge in [-0.05, 0) is 38.5 Å². The van der Waals surface area contributed by atoms with E-state index in [9.17, 15) is 0 Å². The van der Waals surface area contributed by atoms with Crippen molar-refractivity contribution in [2.75, 3.05) is 26.0 Å². The fourth-order valence-corrected chi connectivity index (χ4v) is 3.34. The Morgan fingerprint density at radius 1 is 1.43 bits per heavy atom. The molecule has 1 aliphatic carbocycles. The van der Waals surface area contributed by atoms with Crippen molar-refractivity contribution in [1.29, 1.82) is 0 Å². The van der Waals surface area contributed by atoms with Crippen molar-refractivity contribution in [2.24, 2.45) is 0 Å². The summed E-state index contributed by atoms with van der Waals surface area (Å²) in [4.78, 5) is 2.42. The number of thioether (sulfide) groups is 1. The van der Waals surface area contributed by atoms with E-state index in [2.05, 4.69) is 30.6 Å². The van der Waals surface area contributed by atoms with Crippen LogP contribution in [0.4, 0.5) is 0 Å². The van der Waals surface area contributed by atoms with Crippen LogP contribution in [0, 0.1) is 0 Å². The summed E-state index contributed by atoms with van der Waals surface area (Å²) in [5, 5.41) is 9.65. The van der Waals surface area contributed by atoms with Crippen LogP contribution in [0.15, 0.2) is 0 Å². The molecule has 2 atom stereocenters. The number of nitrogens with zero attached hydrogens (tertiary/aromatic N) is 1. The van der Waals surface area contributed by atoms with Crippen LogP contribution in [-0.4, -0.2) is 47.3 Å². The van der Waals surface area contributed by atoms with Gasteiger partial charge in [-0.3, -0.25) is 0 Å². The minimum atomic E-state index is 0.324. The molecule has 0 saturated heterocycles. The first-order valence-corrected chi connectivity index (χ1v) is 6.75. The molecule has 3 heteroatoms. The number of hydrogen-bond donors (Lipinski definition) is 1. The van der Waals surface area contributed by atoms with E-state index in [1.54, 1.807) is 0 Å². The summed E-state index contributed by atoms with van der Waals surface area (Å²) in [6, 6.07) is 0.769. The zero-order valence-corrected chi connectivity index (χ0v) is 10.2.